The molecule has 2 N–H and O–H groups in total. The van der Waals surface area contributed by atoms with Crippen LogP contribution in [-0.4, -0.2) is 42.9 Å². The molecule has 1 aliphatic rings. The zero-order chi connectivity index (χ0) is 18.9. The minimum absolute atomic E-state index is 0.406. The number of nitrogens with zero attached hydrogens (tertiary/aromatic N) is 1. The van der Waals surface area contributed by atoms with E-state index in [0.717, 1.165) is 43.8 Å². The van der Waals surface area contributed by atoms with Crippen LogP contribution in [0.1, 0.15) is 23.3 Å². The van der Waals surface area contributed by atoms with Gasteiger partial charge in [0.05, 0.1) is 6.54 Å². The first-order chi connectivity index (χ1) is 13.2. The fourth-order valence-electron chi connectivity index (χ4n) is 3.32. The Bertz CT molecular complexity index is 710. The molecule has 27 heavy (non-hydrogen) atoms. The van der Waals surface area contributed by atoms with Gasteiger partial charge in [-0.15, -0.1) is 11.3 Å². The van der Waals surface area contributed by atoms with E-state index in [-0.39, 0.29) is 0 Å². The van der Waals surface area contributed by atoms with Gasteiger partial charge in [0.25, 0.3) is 0 Å². The second kappa shape index (κ2) is 10.2. The normalized spacial score (nSPS) is 15.4. The Kier molecular flexibility index (Phi) is 7.42. The maximum Gasteiger partial charge on any atom is 0.309 e. The summed E-state index contributed by atoms with van der Waals surface area (Å²) in [5.74, 6) is -0.631. The van der Waals surface area contributed by atoms with Crippen LogP contribution < -0.4 is 10.6 Å². The number of nitrogens with one attached hydrogen (secondary N) is 2. The van der Waals surface area contributed by atoms with Crippen molar-refractivity contribution >= 4 is 23.2 Å². The zero-order valence-electron chi connectivity index (χ0n) is 15.5. The van der Waals surface area contributed by atoms with Gasteiger partial charge in [-0.1, -0.05) is 36.4 Å². The van der Waals surface area contributed by atoms with Crippen molar-refractivity contribution in [2.75, 3.05) is 26.2 Å². The molecule has 1 aromatic carbocycles. The molecule has 1 aromatic heterocycles. The van der Waals surface area contributed by atoms with Gasteiger partial charge in [0.1, 0.15) is 0 Å². The van der Waals surface area contributed by atoms with Crippen LogP contribution in [0.25, 0.3) is 0 Å². The number of rotatable bonds is 7. The third-order valence-corrected chi connectivity index (χ3v) is 5.90. The summed E-state index contributed by atoms with van der Waals surface area (Å²) in [5, 5.41) is 7.40. The predicted octanol–water partition coefficient (Wildman–Crippen LogP) is 2.44. The quantitative estimate of drug-likeness (QED) is 0.720. The van der Waals surface area contributed by atoms with E-state index >= 15 is 0 Å². The van der Waals surface area contributed by atoms with E-state index in [2.05, 4.69) is 39.8 Å². The molecule has 0 atom stereocenters. The first-order valence-corrected chi connectivity index (χ1v) is 10.4. The van der Waals surface area contributed by atoms with Crippen molar-refractivity contribution in [3.8, 4) is 0 Å². The van der Waals surface area contributed by atoms with E-state index in [9.17, 15) is 9.59 Å². The topological polar surface area (TPSA) is 61.4 Å². The largest absolute Gasteiger partial charge is 0.348 e. The molecule has 2 amide bonds. The average molecular weight is 386 g/mol. The summed E-state index contributed by atoms with van der Waals surface area (Å²) in [4.78, 5) is 27.3. The summed E-state index contributed by atoms with van der Waals surface area (Å²) < 4.78 is 0. The van der Waals surface area contributed by atoms with Gasteiger partial charge in [-0.25, -0.2) is 0 Å². The first kappa shape index (κ1) is 19.6. The van der Waals surface area contributed by atoms with Crippen molar-refractivity contribution in [1.29, 1.82) is 0 Å². The number of benzene rings is 1. The van der Waals surface area contributed by atoms with Crippen LogP contribution in [-0.2, 0) is 22.6 Å². The fraction of sp³-hybridized carbons (Fsp3) is 0.429. The van der Waals surface area contributed by atoms with E-state index in [1.54, 1.807) is 11.3 Å². The van der Waals surface area contributed by atoms with E-state index in [0.29, 0.717) is 19.0 Å². The molecule has 1 aliphatic heterocycles. The maximum atomic E-state index is 11.9. The Hall–Kier alpha value is -2.18. The first-order valence-electron chi connectivity index (χ1n) is 9.55. The molecule has 0 saturated carbocycles. The van der Waals surface area contributed by atoms with Gasteiger partial charge in [0.15, 0.2) is 0 Å². The molecule has 1 saturated heterocycles. The Morgan fingerprint density at radius 2 is 1.74 bits per heavy atom. The SMILES string of the molecule is O=C(NCc1cccs1)C(=O)NCC1CCN(CCc2ccccc2)CC1. The average Bonchev–Trinajstić information content (AvgIpc) is 3.24. The minimum Gasteiger partial charge on any atom is -0.348 e. The standard InChI is InChI=1S/C21H27N3O2S/c25-20(21(26)23-16-19-7-4-14-27-19)22-15-18-9-12-24(13-10-18)11-8-17-5-2-1-3-6-17/h1-7,14,18H,8-13,15-16H2,(H,22,25)(H,23,26). The molecule has 0 spiro atoms. The van der Waals surface area contributed by atoms with Crippen molar-refractivity contribution in [3.63, 3.8) is 0 Å². The number of thiophene rings is 1. The van der Waals surface area contributed by atoms with Crippen molar-refractivity contribution in [2.24, 2.45) is 5.92 Å². The summed E-state index contributed by atoms with van der Waals surface area (Å²) in [6.07, 6.45) is 3.20. The summed E-state index contributed by atoms with van der Waals surface area (Å²) >= 11 is 1.56. The summed E-state index contributed by atoms with van der Waals surface area (Å²) in [7, 11) is 0. The predicted molar refractivity (Wildman–Crippen MR) is 108 cm³/mol. The highest BCUT2D eigenvalue weighted by Gasteiger charge is 2.21. The molecule has 5 nitrogen and oxygen atoms in total. The summed E-state index contributed by atoms with van der Waals surface area (Å²) in [6, 6.07) is 14.4. The third kappa shape index (κ3) is 6.48. The number of likely N-dealkylation sites (tertiary alicyclic amines) is 1. The van der Waals surface area contributed by atoms with Gasteiger partial charge in [0.2, 0.25) is 0 Å². The summed E-state index contributed by atoms with van der Waals surface area (Å²) in [5.41, 5.74) is 1.38. The van der Waals surface area contributed by atoms with Gasteiger partial charge in [-0.2, -0.15) is 0 Å². The van der Waals surface area contributed by atoms with Gasteiger partial charge in [-0.3, -0.25) is 9.59 Å². The van der Waals surface area contributed by atoms with Crippen LogP contribution >= 0.6 is 11.3 Å². The molecule has 1 fully saturated rings. The smallest absolute Gasteiger partial charge is 0.309 e. The lowest BCUT2D eigenvalue weighted by Crippen LogP contribution is -2.43. The number of piperidine rings is 1. The van der Waals surface area contributed by atoms with E-state index in [4.69, 9.17) is 0 Å². The van der Waals surface area contributed by atoms with Crippen LogP contribution in [0, 0.1) is 5.92 Å². The van der Waals surface area contributed by atoms with Gasteiger partial charge >= 0.3 is 11.8 Å². The van der Waals surface area contributed by atoms with Crippen LogP contribution in [0.5, 0.6) is 0 Å². The van der Waals surface area contributed by atoms with Gasteiger partial charge in [0, 0.05) is 18.0 Å². The Morgan fingerprint density at radius 3 is 2.44 bits per heavy atom. The molecule has 3 rings (SSSR count). The number of hydrogen-bond acceptors (Lipinski definition) is 4. The highest BCUT2D eigenvalue weighted by molar-refractivity contribution is 7.09. The molecule has 6 heteroatoms. The van der Waals surface area contributed by atoms with Crippen molar-refractivity contribution in [2.45, 2.75) is 25.8 Å². The Labute approximate surface area is 164 Å². The van der Waals surface area contributed by atoms with Crippen LogP contribution in [0.3, 0.4) is 0 Å². The molecule has 2 heterocycles. The van der Waals surface area contributed by atoms with E-state index in [1.807, 2.05) is 23.6 Å². The van der Waals surface area contributed by atoms with Crippen LogP contribution in [0.15, 0.2) is 47.8 Å². The number of carbonyl (C=O) groups excluding carboxylic acids is 2. The lowest BCUT2D eigenvalue weighted by Gasteiger charge is -2.32. The van der Waals surface area contributed by atoms with Gasteiger partial charge in [-0.05, 0) is 55.3 Å². The Balaban J connectivity index is 1.29. The molecule has 0 aliphatic carbocycles. The van der Waals surface area contributed by atoms with Crippen molar-refractivity contribution in [3.05, 3.63) is 58.3 Å². The molecule has 0 unspecified atom stereocenters. The number of hydrogen-bond donors (Lipinski definition) is 2. The highest BCUT2D eigenvalue weighted by atomic mass is 32.1. The molecule has 0 bridgehead atoms. The van der Waals surface area contributed by atoms with E-state index < -0.39 is 11.8 Å². The minimum atomic E-state index is -0.552. The molecular weight excluding hydrogens is 358 g/mol. The van der Waals surface area contributed by atoms with Crippen molar-refractivity contribution < 1.29 is 9.59 Å². The number of amides is 2. The summed E-state index contributed by atoms with van der Waals surface area (Å²) in [6.45, 7) is 4.17. The van der Waals surface area contributed by atoms with Crippen LogP contribution in [0.2, 0.25) is 0 Å². The monoisotopic (exact) mass is 385 g/mol. The lowest BCUT2D eigenvalue weighted by molar-refractivity contribution is -0.139. The Morgan fingerprint density at radius 1 is 1.00 bits per heavy atom. The van der Waals surface area contributed by atoms with Gasteiger partial charge < -0.3 is 15.5 Å². The fourth-order valence-corrected chi connectivity index (χ4v) is 3.97. The molecule has 144 valence electrons. The van der Waals surface area contributed by atoms with Crippen LogP contribution in [0.4, 0.5) is 0 Å². The zero-order valence-corrected chi connectivity index (χ0v) is 16.3. The molecular formula is C21H27N3O2S. The number of carbonyl (C=O) groups is 2. The second-order valence-electron chi connectivity index (χ2n) is 6.99. The van der Waals surface area contributed by atoms with E-state index in [1.165, 1.54) is 5.56 Å². The second-order valence-corrected chi connectivity index (χ2v) is 8.02. The molecule has 0 radical (unpaired) electrons. The third-order valence-electron chi connectivity index (χ3n) is 5.03. The molecule has 2 aromatic rings. The maximum absolute atomic E-state index is 11.9. The van der Waals surface area contributed by atoms with Crippen molar-refractivity contribution in [1.82, 2.24) is 15.5 Å². The highest BCUT2D eigenvalue weighted by Crippen LogP contribution is 2.16. The lowest BCUT2D eigenvalue weighted by atomic mass is 9.96.